The first-order chi connectivity index (χ1) is 32.4. The Bertz CT molecular complexity index is 2750. The van der Waals surface area contributed by atoms with Crippen molar-refractivity contribution in [2.75, 3.05) is 75.9 Å². The van der Waals surface area contributed by atoms with Crippen LogP contribution < -0.4 is 25.8 Å². The van der Waals surface area contributed by atoms with Gasteiger partial charge in [-0.3, -0.25) is 48.3 Å². The molecular formula is C49H55N9O9. The van der Waals surface area contributed by atoms with Gasteiger partial charge in [-0.2, -0.15) is 4.98 Å². The van der Waals surface area contributed by atoms with E-state index in [2.05, 4.69) is 30.4 Å². The summed E-state index contributed by atoms with van der Waals surface area (Å²) in [7, 11) is 0. The van der Waals surface area contributed by atoms with Crippen LogP contribution in [0.2, 0.25) is 0 Å². The van der Waals surface area contributed by atoms with Crippen LogP contribution in [0.25, 0.3) is 11.0 Å². The highest BCUT2D eigenvalue weighted by Crippen LogP contribution is 2.49. The van der Waals surface area contributed by atoms with Gasteiger partial charge in [0.2, 0.25) is 23.7 Å². The molecule has 1 spiro atoms. The molecule has 3 aromatic heterocycles. The second-order valence-electron chi connectivity index (χ2n) is 18.9. The fourth-order valence-electron chi connectivity index (χ4n) is 11.2. The molecule has 3 saturated heterocycles. The van der Waals surface area contributed by atoms with Crippen LogP contribution in [0.1, 0.15) is 113 Å². The molecule has 10 rings (SSSR count). The molecule has 18 nitrogen and oxygen atoms in total. The van der Waals surface area contributed by atoms with Gasteiger partial charge in [-0.25, -0.2) is 9.97 Å². The molecule has 6 aliphatic rings. The molecule has 1 saturated carbocycles. The third-order valence-corrected chi connectivity index (χ3v) is 15.0. The molecule has 4 aliphatic heterocycles. The highest BCUT2D eigenvalue weighted by molar-refractivity contribution is 6.28. The number of imide groups is 1. The second-order valence-corrected chi connectivity index (χ2v) is 18.9. The fraction of sp³-hybridized carbons (Fsp3) is 0.510. The van der Waals surface area contributed by atoms with Crippen molar-refractivity contribution in [3.63, 3.8) is 0 Å². The summed E-state index contributed by atoms with van der Waals surface area (Å²) in [6.45, 7) is 9.68. The molecule has 2 N–H and O–H groups in total. The van der Waals surface area contributed by atoms with Gasteiger partial charge in [0, 0.05) is 92.0 Å². The Morgan fingerprint density at radius 1 is 0.910 bits per heavy atom. The molecule has 3 amide bonds. The number of ether oxygens (including phenoxy) is 2. The number of piperazine rings is 1. The summed E-state index contributed by atoms with van der Waals surface area (Å²) in [5.74, 6) is -2.49. The van der Waals surface area contributed by atoms with Crippen LogP contribution in [-0.2, 0) is 24.5 Å². The number of hydrogen-bond donors (Lipinski definition) is 2. The number of benzene rings is 1. The molecule has 0 radical (unpaired) electrons. The fourth-order valence-corrected chi connectivity index (χ4v) is 11.2. The number of aromatic nitrogens is 4. The zero-order chi connectivity index (χ0) is 46.6. The van der Waals surface area contributed by atoms with E-state index in [4.69, 9.17) is 14.5 Å². The van der Waals surface area contributed by atoms with Gasteiger partial charge in [0.1, 0.15) is 17.2 Å². The van der Waals surface area contributed by atoms with Crippen LogP contribution >= 0.6 is 0 Å². The summed E-state index contributed by atoms with van der Waals surface area (Å²) in [5.41, 5.74) is 3.13. The van der Waals surface area contributed by atoms with Crippen molar-refractivity contribution in [1.29, 1.82) is 0 Å². The van der Waals surface area contributed by atoms with Gasteiger partial charge >= 0.3 is 0 Å². The van der Waals surface area contributed by atoms with Crippen LogP contribution in [-0.4, -0.2) is 130 Å². The van der Waals surface area contributed by atoms with Crippen molar-refractivity contribution in [1.82, 2.24) is 34.6 Å². The summed E-state index contributed by atoms with van der Waals surface area (Å²) >= 11 is 0. The molecule has 2 aliphatic carbocycles. The number of piperidine rings is 2. The number of nitrogens with one attached hydrogen (secondary N) is 2. The maximum atomic E-state index is 13.6. The lowest BCUT2D eigenvalue weighted by Gasteiger charge is -2.38. The van der Waals surface area contributed by atoms with Crippen molar-refractivity contribution < 1.29 is 38.2 Å². The lowest BCUT2D eigenvalue weighted by molar-refractivity contribution is -0.137. The van der Waals surface area contributed by atoms with Gasteiger partial charge in [-0.1, -0.05) is 12.8 Å². The Labute approximate surface area is 386 Å². The molecule has 0 bridgehead atoms. The zero-order valence-electron chi connectivity index (χ0n) is 37.9. The molecule has 4 fully saturated rings. The quantitative estimate of drug-likeness (QED) is 0.0887. The van der Waals surface area contributed by atoms with E-state index in [0.29, 0.717) is 85.4 Å². The number of anilines is 3. The van der Waals surface area contributed by atoms with Crippen molar-refractivity contribution >= 4 is 63.6 Å². The van der Waals surface area contributed by atoms with E-state index in [1.165, 1.54) is 6.92 Å². The van der Waals surface area contributed by atoms with E-state index in [0.717, 1.165) is 69.7 Å². The first kappa shape index (κ1) is 44.4. The third-order valence-electron chi connectivity index (χ3n) is 15.0. The Balaban J connectivity index is 0.660. The molecule has 2 unspecified atom stereocenters. The number of Topliss-reactive ketones (excluding diaryl/α,β-unsaturated/α-hetero) is 3. The number of ketones is 3. The second kappa shape index (κ2) is 18.0. The number of pyridine rings is 2. The summed E-state index contributed by atoms with van der Waals surface area (Å²) in [6, 6.07) is 7.33. The number of fused-ring (bicyclic) bond motifs is 4. The number of carbonyl (C=O) groups is 6. The van der Waals surface area contributed by atoms with E-state index in [1.54, 1.807) is 29.8 Å². The SMILES string of the molecule is CC(=O)c1c(C)c2cnc(Nc3ccc(N4CCN(CCOCCC(=O)N5CCC6(CC5)COc5cc7c(cc56)C(=O)C(C5CCC(=O)NC5=O)C7=O)CC4)cn3)nc2n(C2CCCC2)c1=O. The Morgan fingerprint density at radius 3 is 2.36 bits per heavy atom. The van der Waals surface area contributed by atoms with Gasteiger partial charge in [0.15, 0.2) is 17.3 Å². The Morgan fingerprint density at radius 2 is 1.66 bits per heavy atom. The molecular weight excluding hydrogens is 859 g/mol. The summed E-state index contributed by atoms with van der Waals surface area (Å²) in [5, 5.41) is 6.17. The van der Waals surface area contributed by atoms with E-state index >= 15 is 0 Å². The topological polar surface area (TPSA) is 215 Å². The molecule has 1 aromatic carbocycles. The minimum atomic E-state index is -1.13. The summed E-state index contributed by atoms with van der Waals surface area (Å²) < 4.78 is 13.7. The van der Waals surface area contributed by atoms with Gasteiger partial charge in [0.25, 0.3) is 5.56 Å². The number of hydrogen-bond acceptors (Lipinski definition) is 15. The average molecular weight is 914 g/mol. The Hall–Kier alpha value is -6.40. The molecule has 67 heavy (non-hydrogen) atoms. The minimum absolute atomic E-state index is 0.00378. The van der Waals surface area contributed by atoms with Crippen LogP contribution in [0.3, 0.4) is 0 Å². The van der Waals surface area contributed by atoms with Crippen LogP contribution in [0.4, 0.5) is 17.5 Å². The first-order valence-corrected chi connectivity index (χ1v) is 23.6. The number of nitrogens with zero attached hydrogens (tertiary/aromatic N) is 7. The van der Waals surface area contributed by atoms with Gasteiger partial charge < -0.3 is 24.6 Å². The van der Waals surface area contributed by atoms with Crippen LogP contribution in [0.15, 0.2) is 41.5 Å². The van der Waals surface area contributed by atoms with Crippen LogP contribution in [0, 0.1) is 18.8 Å². The monoisotopic (exact) mass is 913 g/mol. The third kappa shape index (κ3) is 8.27. The van der Waals surface area contributed by atoms with E-state index in [9.17, 15) is 33.6 Å². The highest BCUT2D eigenvalue weighted by Gasteiger charge is 2.51. The van der Waals surface area contributed by atoms with E-state index < -0.39 is 29.4 Å². The summed E-state index contributed by atoms with van der Waals surface area (Å²) in [4.78, 5) is 111. The van der Waals surface area contributed by atoms with E-state index in [-0.39, 0.29) is 64.9 Å². The van der Waals surface area contributed by atoms with Gasteiger partial charge in [-0.05, 0) is 75.8 Å². The van der Waals surface area contributed by atoms with Crippen molar-refractivity contribution in [3.05, 3.63) is 74.8 Å². The number of carbonyl (C=O) groups excluding carboxylic acids is 6. The van der Waals surface area contributed by atoms with Crippen LogP contribution in [0.5, 0.6) is 5.75 Å². The summed E-state index contributed by atoms with van der Waals surface area (Å²) in [6.07, 6.45) is 9.17. The zero-order valence-corrected chi connectivity index (χ0v) is 37.9. The maximum absolute atomic E-state index is 13.6. The van der Waals surface area contributed by atoms with Gasteiger partial charge in [0.05, 0.1) is 55.5 Å². The first-order valence-electron chi connectivity index (χ1n) is 23.6. The number of aryl methyl sites for hydroxylation is 1. The van der Waals surface area contributed by atoms with Crippen molar-refractivity contribution in [2.24, 2.45) is 11.8 Å². The normalized spacial score (nSPS) is 21.8. The molecule has 2 atom stereocenters. The standard InChI is InChI=1S/C49H55N9O9/c1-28-35-26-51-48(54-45(35)58(30-5-3-4-6-30)47(65)41(28)29(2)59)52-38-9-7-31(25-50-38)56-18-16-55(17-19-56)20-22-66-21-11-40(61)57-14-12-49(13-15-57)27-67-37-24-34-33(23-36(37)49)43(62)42(44(34)63)32-8-10-39(60)53-46(32)64/h7,9,23-26,30,32,42H,3-6,8,10-22,27H2,1-2H3,(H,53,60,64)(H,50,51,52,54). The predicted octanol–water partition coefficient (Wildman–Crippen LogP) is 4.09. The number of likely N-dealkylation sites (tertiary alicyclic amines) is 1. The number of amides is 3. The molecule has 7 heterocycles. The van der Waals surface area contributed by atoms with Gasteiger partial charge in [-0.15, -0.1) is 0 Å². The lowest BCUT2D eigenvalue weighted by atomic mass is 9.73. The average Bonchev–Trinajstić information content (AvgIpc) is 4.03. The Kier molecular flexibility index (Phi) is 11.9. The largest absolute Gasteiger partial charge is 0.492 e. The van der Waals surface area contributed by atoms with Crippen molar-refractivity contribution in [3.8, 4) is 5.75 Å². The smallest absolute Gasteiger partial charge is 0.263 e. The number of rotatable bonds is 12. The molecule has 4 aromatic rings. The predicted molar refractivity (Wildman–Crippen MR) is 245 cm³/mol. The molecule has 350 valence electrons. The molecule has 18 heteroatoms. The maximum Gasteiger partial charge on any atom is 0.263 e. The minimum Gasteiger partial charge on any atom is -0.492 e. The highest BCUT2D eigenvalue weighted by atomic mass is 16.5. The van der Waals surface area contributed by atoms with E-state index in [1.807, 2.05) is 23.2 Å². The van der Waals surface area contributed by atoms with Crippen molar-refractivity contribution in [2.45, 2.75) is 83.1 Å². The lowest BCUT2D eigenvalue weighted by Crippen LogP contribution is -2.47.